The van der Waals surface area contributed by atoms with Crippen LogP contribution in [-0.4, -0.2) is 23.3 Å². The number of amides is 1. The van der Waals surface area contributed by atoms with E-state index in [1.807, 2.05) is 23.6 Å². The van der Waals surface area contributed by atoms with Crippen LogP contribution in [0.3, 0.4) is 0 Å². The molecule has 3 nitrogen and oxygen atoms in total. The molecule has 0 bridgehead atoms. The molecule has 0 saturated heterocycles. The first-order chi connectivity index (χ1) is 11.5. The molecule has 2 N–H and O–H groups in total. The van der Waals surface area contributed by atoms with Gasteiger partial charge in [-0.25, -0.2) is 4.39 Å². The second-order valence-electron chi connectivity index (χ2n) is 5.35. The molecule has 1 aromatic carbocycles. The van der Waals surface area contributed by atoms with Crippen LogP contribution in [-0.2, 0) is 5.60 Å². The summed E-state index contributed by atoms with van der Waals surface area (Å²) in [4.78, 5) is 14.0. The van der Waals surface area contributed by atoms with Crippen molar-refractivity contribution in [2.45, 2.75) is 12.0 Å². The molecular weight excluding hydrogens is 369 g/mol. The average molecular weight is 384 g/mol. The molecule has 1 amide bonds. The number of rotatable bonds is 5. The predicted octanol–water partition coefficient (Wildman–Crippen LogP) is 4.18. The number of halogens is 2. The first-order valence-electron chi connectivity index (χ1n) is 7.34. The van der Waals surface area contributed by atoms with Crippen LogP contribution in [0.15, 0.2) is 46.7 Å². The van der Waals surface area contributed by atoms with E-state index in [2.05, 4.69) is 5.32 Å². The molecule has 7 heteroatoms. The van der Waals surface area contributed by atoms with Gasteiger partial charge < -0.3 is 10.4 Å². The summed E-state index contributed by atoms with van der Waals surface area (Å²) < 4.78 is 13.1. The van der Waals surface area contributed by atoms with Crippen LogP contribution in [0.1, 0.15) is 21.7 Å². The number of nitrogens with one attached hydrogen (secondary N) is 1. The molecule has 1 aliphatic heterocycles. The Morgan fingerprint density at radius 3 is 2.88 bits per heavy atom. The molecule has 1 aliphatic rings. The van der Waals surface area contributed by atoms with E-state index < -0.39 is 17.3 Å². The lowest BCUT2D eigenvalue weighted by molar-refractivity contribution is 0.0743. The number of carbonyl (C=O) groups excluding carboxylic acids is 1. The molecule has 0 aliphatic carbocycles. The van der Waals surface area contributed by atoms with Gasteiger partial charge in [-0.05, 0) is 36.1 Å². The van der Waals surface area contributed by atoms with E-state index in [4.69, 9.17) is 11.6 Å². The van der Waals surface area contributed by atoms with Crippen LogP contribution < -0.4 is 5.32 Å². The lowest BCUT2D eigenvalue weighted by Gasteiger charge is -2.28. The molecule has 2 aromatic rings. The van der Waals surface area contributed by atoms with Crippen molar-refractivity contribution in [2.75, 3.05) is 12.3 Å². The van der Waals surface area contributed by atoms with Crippen LogP contribution in [0.25, 0.3) is 0 Å². The van der Waals surface area contributed by atoms with Crippen LogP contribution in [0.4, 0.5) is 4.39 Å². The highest BCUT2D eigenvalue weighted by Crippen LogP contribution is 2.42. The number of hydrogen-bond donors (Lipinski definition) is 2. The van der Waals surface area contributed by atoms with Crippen molar-refractivity contribution in [1.29, 1.82) is 0 Å². The van der Waals surface area contributed by atoms with Gasteiger partial charge in [-0.1, -0.05) is 23.7 Å². The van der Waals surface area contributed by atoms with Gasteiger partial charge in [-0.15, -0.1) is 23.1 Å². The van der Waals surface area contributed by atoms with Crippen molar-refractivity contribution in [1.82, 2.24) is 5.32 Å². The molecule has 0 fully saturated rings. The molecule has 1 aromatic heterocycles. The number of benzene rings is 1. The molecule has 0 radical (unpaired) electrons. The molecule has 24 heavy (non-hydrogen) atoms. The zero-order valence-electron chi connectivity index (χ0n) is 12.6. The van der Waals surface area contributed by atoms with Crippen molar-refractivity contribution in [3.63, 3.8) is 0 Å². The Labute approximate surface area is 152 Å². The number of hydrogen-bond acceptors (Lipinski definition) is 4. The molecule has 1 atom stereocenters. The normalized spacial score (nSPS) is 16.5. The maximum absolute atomic E-state index is 13.1. The summed E-state index contributed by atoms with van der Waals surface area (Å²) in [6.07, 6.45) is 2.90. The predicted molar refractivity (Wildman–Crippen MR) is 97.1 cm³/mol. The molecule has 1 unspecified atom stereocenters. The minimum absolute atomic E-state index is 0.0267. The van der Waals surface area contributed by atoms with E-state index in [1.54, 1.807) is 11.8 Å². The average Bonchev–Trinajstić information content (AvgIpc) is 3.25. The maximum atomic E-state index is 13.1. The van der Waals surface area contributed by atoms with Gasteiger partial charge in [-0.2, -0.15) is 0 Å². The first-order valence-corrected chi connectivity index (χ1v) is 9.58. The van der Waals surface area contributed by atoms with E-state index in [9.17, 15) is 14.3 Å². The lowest BCUT2D eigenvalue weighted by Crippen LogP contribution is -2.41. The van der Waals surface area contributed by atoms with E-state index in [-0.39, 0.29) is 17.1 Å². The fraction of sp³-hybridized carbons (Fsp3) is 0.235. The van der Waals surface area contributed by atoms with Gasteiger partial charge in [0.2, 0.25) is 0 Å². The quantitative estimate of drug-likeness (QED) is 0.814. The van der Waals surface area contributed by atoms with Crippen molar-refractivity contribution < 1.29 is 14.3 Å². The zero-order valence-corrected chi connectivity index (χ0v) is 15.0. The second kappa shape index (κ2) is 7.27. The van der Waals surface area contributed by atoms with Gasteiger partial charge in [0.1, 0.15) is 11.4 Å². The van der Waals surface area contributed by atoms with Crippen LogP contribution >= 0.6 is 34.7 Å². The van der Waals surface area contributed by atoms with Crippen LogP contribution in [0.2, 0.25) is 5.02 Å². The van der Waals surface area contributed by atoms with Gasteiger partial charge in [-0.3, -0.25) is 4.79 Å². The largest absolute Gasteiger partial charge is 0.377 e. The number of carbonyl (C=O) groups is 1. The monoisotopic (exact) mass is 383 g/mol. The van der Waals surface area contributed by atoms with Gasteiger partial charge in [0, 0.05) is 15.5 Å². The summed E-state index contributed by atoms with van der Waals surface area (Å²) in [5.74, 6) is -0.0291. The molecule has 0 spiro atoms. The SMILES string of the molecule is O=C(NCC(O)(C1=CCCS1)c1cccs1)c1ccc(F)cc1Cl. The van der Waals surface area contributed by atoms with Gasteiger partial charge in [0.15, 0.2) is 0 Å². The third kappa shape index (κ3) is 3.52. The maximum Gasteiger partial charge on any atom is 0.252 e. The summed E-state index contributed by atoms with van der Waals surface area (Å²) in [6, 6.07) is 7.32. The second-order valence-corrected chi connectivity index (χ2v) is 7.84. The van der Waals surface area contributed by atoms with E-state index in [0.29, 0.717) is 0 Å². The zero-order chi connectivity index (χ0) is 17.2. The topological polar surface area (TPSA) is 49.3 Å². The standard InChI is InChI=1S/C17H15ClFNO2S2/c18-13-9-11(19)5-6-12(13)16(21)20-10-17(22,14-3-1-7-23-14)15-4-2-8-24-15/h1,3-7,9,22H,2,8,10H2,(H,20,21). The molecule has 0 saturated carbocycles. The van der Waals surface area contributed by atoms with Crippen molar-refractivity contribution in [3.05, 3.63) is 68.0 Å². The lowest BCUT2D eigenvalue weighted by atomic mass is 10.00. The molecule has 2 heterocycles. The summed E-state index contributed by atoms with van der Waals surface area (Å²) in [6.45, 7) is 0.0267. The van der Waals surface area contributed by atoms with E-state index in [0.717, 1.165) is 28.0 Å². The fourth-order valence-corrected chi connectivity index (χ4v) is 4.76. The minimum Gasteiger partial charge on any atom is -0.377 e. The number of thiophene rings is 1. The van der Waals surface area contributed by atoms with Crippen LogP contribution in [0.5, 0.6) is 0 Å². The fourth-order valence-electron chi connectivity index (χ4n) is 2.49. The van der Waals surface area contributed by atoms with Crippen LogP contribution in [0, 0.1) is 5.82 Å². The van der Waals surface area contributed by atoms with Crippen molar-refractivity contribution in [2.24, 2.45) is 0 Å². The Morgan fingerprint density at radius 1 is 1.42 bits per heavy atom. The first kappa shape index (κ1) is 17.5. The van der Waals surface area contributed by atoms with Crippen molar-refractivity contribution in [3.8, 4) is 0 Å². The Balaban J connectivity index is 1.80. The number of allylic oxidation sites excluding steroid dienone is 1. The minimum atomic E-state index is -1.25. The summed E-state index contributed by atoms with van der Waals surface area (Å²) in [5.41, 5.74) is -1.07. The van der Waals surface area contributed by atoms with Gasteiger partial charge >= 0.3 is 0 Å². The Bertz CT molecular complexity index is 779. The number of thioether (sulfide) groups is 1. The van der Waals surface area contributed by atoms with Gasteiger partial charge in [0.05, 0.1) is 17.1 Å². The molecular formula is C17H15ClFNO2S2. The Morgan fingerprint density at radius 2 is 2.25 bits per heavy atom. The van der Waals surface area contributed by atoms with E-state index in [1.165, 1.54) is 23.5 Å². The summed E-state index contributed by atoms with van der Waals surface area (Å²) in [7, 11) is 0. The third-order valence-electron chi connectivity index (χ3n) is 3.72. The van der Waals surface area contributed by atoms with E-state index >= 15 is 0 Å². The third-order valence-corrected chi connectivity index (χ3v) is 6.31. The highest BCUT2D eigenvalue weighted by molar-refractivity contribution is 8.03. The highest BCUT2D eigenvalue weighted by Gasteiger charge is 2.37. The highest BCUT2D eigenvalue weighted by atomic mass is 35.5. The Hall–Kier alpha value is -1.34. The molecule has 126 valence electrons. The summed E-state index contributed by atoms with van der Waals surface area (Å²) in [5, 5.41) is 15.8. The van der Waals surface area contributed by atoms with Crippen molar-refractivity contribution >= 4 is 40.6 Å². The number of aliphatic hydroxyl groups is 1. The summed E-state index contributed by atoms with van der Waals surface area (Å²) >= 11 is 8.95. The smallest absolute Gasteiger partial charge is 0.252 e. The molecule has 3 rings (SSSR count). The van der Waals surface area contributed by atoms with Gasteiger partial charge in [0.25, 0.3) is 5.91 Å². The Kier molecular flexibility index (Phi) is 5.30.